The summed E-state index contributed by atoms with van der Waals surface area (Å²) in [6, 6.07) is 10.2. The molecule has 0 saturated carbocycles. The first-order valence-electron chi connectivity index (χ1n) is 9.31. The molecule has 0 aliphatic carbocycles. The van der Waals surface area contributed by atoms with Crippen molar-refractivity contribution in [2.45, 2.75) is 19.6 Å². The number of nitrogens with one attached hydrogen (secondary N) is 1. The molecule has 0 atom stereocenters. The summed E-state index contributed by atoms with van der Waals surface area (Å²) in [5, 5.41) is 6.73. The molecule has 1 aromatic heterocycles. The molecule has 2 aromatic rings. The lowest BCUT2D eigenvalue weighted by molar-refractivity contribution is -0.142. The Morgan fingerprint density at radius 2 is 1.79 bits per heavy atom. The van der Waals surface area contributed by atoms with Crippen molar-refractivity contribution in [3.05, 3.63) is 47.8 Å². The van der Waals surface area contributed by atoms with Gasteiger partial charge in [0, 0.05) is 57.2 Å². The van der Waals surface area contributed by atoms with E-state index >= 15 is 0 Å². The Hall–Kier alpha value is -1.98. The van der Waals surface area contributed by atoms with Gasteiger partial charge in [0.05, 0.1) is 6.54 Å². The average Bonchev–Trinajstić information content (AvgIpc) is 3.07. The number of aromatic nitrogens is 2. The second kappa shape index (κ2) is 10.2. The van der Waals surface area contributed by atoms with E-state index in [1.54, 1.807) is 0 Å². The molecule has 1 aliphatic heterocycles. The normalized spacial score (nSPS) is 15.3. The maximum atomic E-state index is 13.1. The maximum absolute atomic E-state index is 13.1. The minimum absolute atomic E-state index is 0. The number of hydrogen-bond acceptors (Lipinski definition) is 3. The van der Waals surface area contributed by atoms with Gasteiger partial charge >= 0.3 is 6.18 Å². The highest BCUT2D eigenvalue weighted by Gasteiger charge is 2.36. The quantitative estimate of drug-likeness (QED) is 0.381. The highest BCUT2D eigenvalue weighted by atomic mass is 127. The first kappa shape index (κ1) is 23.3. The molecule has 0 radical (unpaired) electrons. The Morgan fingerprint density at radius 1 is 1.14 bits per heavy atom. The Morgan fingerprint density at radius 3 is 2.38 bits per heavy atom. The molecule has 1 saturated heterocycles. The summed E-state index contributed by atoms with van der Waals surface area (Å²) in [7, 11) is 1.48. The topological polar surface area (TPSA) is 48.7 Å². The van der Waals surface area contributed by atoms with E-state index < -0.39 is 11.9 Å². The van der Waals surface area contributed by atoms with Gasteiger partial charge in [-0.2, -0.15) is 18.3 Å². The number of rotatable bonds is 4. The van der Waals surface area contributed by atoms with Gasteiger partial charge < -0.3 is 15.1 Å². The van der Waals surface area contributed by atoms with Crippen LogP contribution in [0.4, 0.5) is 18.9 Å². The molecule has 2 heterocycles. The van der Waals surface area contributed by atoms with Crippen LogP contribution in [0.2, 0.25) is 0 Å². The van der Waals surface area contributed by atoms with Gasteiger partial charge in [0.15, 0.2) is 11.7 Å². The number of nitrogens with zero attached hydrogens (tertiary/aromatic N) is 5. The van der Waals surface area contributed by atoms with Gasteiger partial charge in [-0.25, -0.2) is 4.99 Å². The largest absolute Gasteiger partial charge is 0.435 e. The molecule has 0 spiro atoms. The Labute approximate surface area is 185 Å². The van der Waals surface area contributed by atoms with Gasteiger partial charge in [-0.1, -0.05) is 18.2 Å². The van der Waals surface area contributed by atoms with Crippen LogP contribution in [-0.4, -0.2) is 53.4 Å². The van der Waals surface area contributed by atoms with Crippen LogP contribution < -0.4 is 10.2 Å². The van der Waals surface area contributed by atoms with Gasteiger partial charge in [-0.3, -0.25) is 4.68 Å². The number of piperazine rings is 1. The fourth-order valence-electron chi connectivity index (χ4n) is 3.29. The molecule has 0 unspecified atom stereocenters. The van der Waals surface area contributed by atoms with E-state index in [9.17, 15) is 13.2 Å². The SMILES string of the molecule is CCNC(=NCc1cn(C)nc1C(F)(F)F)N1CCN(c2ccccc2)CC1.I. The number of halogens is 4. The molecule has 6 nitrogen and oxygen atoms in total. The van der Waals surface area contributed by atoms with E-state index in [0.717, 1.165) is 26.2 Å². The molecular weight excluding hydrogens is 496 g/mol. The molecular formula is C19H26F3IN6. The number of anilines is 1. The zero-order chi connectivity index (χ0) is 20.1. The third kappa shape index (κ3) is 6.00. The second-order valence-electron chi connectivity index (χ2n) is 6.65. The van der Waals surface area contributed by atoms with Crippen molar-refractivity contribution in [1.29, 1.82) is 0 Å². The molecule has 10 heteroatoms. The molecule has 0 bridgehead atoms. The van der Waals surface area contributed by atoms with Crippen molar-refractivity contribution in [2.75, 3.05) is 37.6 Å². The summed E-state index contributed by atoms with van der Waals surface area (Å²) >= 11 is 0. The number of alkyl halides is 3. The smallest absolute Gasteiger partial charge is 0.368 e. The van der Waals surface area contributed by atoms with Crippen molar-refractivity contribution in [2.24, 2.45) is 12.0 Å². The fraction of sp³-hybridized carbons (Fsp3) is 0.474. The molecule has 29 heavy (non-hydrogen) atoms. The Balaban J connectivity index is 0.00000300. The monoisotopic (exact) mass is 522 g/mol. The molecule has 1 fully saturated rings. The first-order chi connectivity index (χ1) is 13.4. The van der Waals surface area contributed by atoms with E-state index in [4.69, 9.17) is 0 Å². The molecule has 0 amide bonds. The van der Waals surface area contributed by atoms with Crippen molar-refractivity contribution >= 4 is 35.6 Å². The number of aryl methyl sites for hydroxylation is 1. The van der Waals surface area contributed by atoms with Crippen LogP contribution in [0.1, 0.15) is 18.2 Å². The molecule has 3 rings (SSSR count). The molecule has 1 aromatic carbocycles. The Bertz CT molecular complexity index is 798. The number of hydrogen-bond donors (Lipinski definition) is 1. The number of para-hydroxylation sites is 1. The maximum Gasteiger partial charge on any atom is 0.435 e. The Kier molecular flexibility index (Phi) is 8.17. The van der Waals surface area contributed by atoms with Crippen LogP contribution >= 0.6 is 24.0 Å². The third-order valence-corrected chi connectivity index (χ3v) is 4.61. The lowest BCUT2D eigenvalue weighted by Crippen LogP contribution is -2.52. The first-order valence-corrected chi connectivity index (χ1v) is 9.31. The van der Waals surface area contributed by atoms with Crippen molar-refractivity contribution in [3.63, 3.8) is 0 Å². The number of guanidine groups is 1. The van der Waals surface area contributed by atoms with E-state index in [0.29, 0.717) is 12.5 Å². The van der Waals surface area contributed by atoms with Gasteiger partial charge in [0.25, 0.3) is 0 Å². The van der Waals surface area contributed by atoms with Crippen molar-refractivity contribution in [1.82, 2.24) is 20.0 Å². The second-order valence-corrected chi connectivity index (χ2v) is 6.65. The van der Waals surface area contributed by atoms with E-state index in [-0.39, 0.29) is 36.1 Å². The summed E-state index contributed by atoms with van der Waals surface area (Å²) < 4.78 is 40.6. The third-order valence-electron chi connectivity index (χ3n) is 4.61. The zero-order valence-electron chi connectivity index (χ0n) is 16.5. The highest BCUT2D eigenvalue weighted by molar-refractivity contribution is 14.0. The lowest BCUT2D eigenvalue weighted by atomic mass is 10.2. The predicted octanol–water partition coefficient (Wildman–Crippen LogP) is 3.34. The van der Waals surface area contributed by atoms with Crippen LogP contribution in [0.3, 0.4) is 0 Å². The highest BCUT2D eigenvalue weighted by Crippen LogP contribution is 2.30. The molecule has 1 N–H and O–H groups in total. The standard InChI is InChI=1S/C19H25F3N6.HI/c1-3-23-18(24-13-15-14-26(2)25-17(15)19(20,21)22)28-11-9-27(10-12-28)16-7-5-4-6-8-16;/h4-8,14H,3,9-13H2,1-2H3,(H,23,24);1H. The predicted molar refractivity (Wildman–Crippen MR) is 119 cm³/mol. The van der Waals surface area contributed by atoms with Crippen LogP contribution in [-0.2, 0) is 19.8 Å². The number of aliphatic imine (C=N–C) groups is 1. The summed E-state index contributed by atoms with van der Waals surface area (Å²) in [4.78, 5) is 8.84. The zero-order valence-corrected chi connectivity index (χ0v) is 18.8. The van der Waals surface area contributed by atoms with E-state index in [1.807, 2.05) is 25.1 Å². The fourth-order valence-corrected chi connectivity index (χ4v) is 3.29. The van der Waals surface area contributed by atoms with Gasteiger partial charge in [-0.15, -0.1) is 24.0 Å². The van der Waals surface area contributed by atoms with Gasteiger partial charge in [0.1, 0.15) is 0 Å². The minimum atomic E-state index is -4.48. The minimum Gasteiger partial charge on any atom is -0.368 e. The van der Waals surface area contributed by atoms with Crippen LogP contribution in [0.5, 0.6) is 0 Å². The average molecular weight is 522 g/mol. The van der Waals surface area contributed by atoms with Crippen LogP contribution in [0.15, 0.2) is 41.5 Å². The van der Waals surface area contributed by atoms with Crippen molar-refractivity contribution < 1.29 is 13.2 Å². The van der Waals surface area contributed by atoms with Crippen molar-refractivity contribution in [3.8, 4) is 0 Å². The molecule has 1 aliphatic rings. The van der Waals surface area contributed by atoms with Crippen LogP contribution in [0.25, 0.3) is 0 Å². The molecule has 160 valence electrons. The van der Waals surface area contributed by atoms with E-state index in [2.05, 4.69) is 37.3 Å². The van der Waals surface area contributed by atoms with Gasteiger partial charge in [0.2, 0.25) is 0 Å². The number of benzene rings is 1. The van der Waals surface area contributed by atoms with Crippen LogP contribution in [0, 0.1) is 0 Å². The van der Waals surface area contributed by atoms with Gasteiger partial charge in [-0.05, 0) is 19.1 Å². The van der Waals surface area contributed by atoms with E-state index in [1.165, 1.54) is 23.6 Å². The summed E-state index contributed by atoms with van der Waals surface area (Å²) in [6.45, 7) is 5.69. The summed E-state index contributed by atoms with van der Waals surface area (Å²) in [5.74, 6) is 0.632. The lowest BCUT2D eigenvalue weighted by Gasteiger charge is -2.37. The summed E-state index contributed by atoms with van der Waals surface area (Å²) in [5.41, 5.74) is 0.381. The summed E-state index contributed by atoms with van der Waals surface area (Å²) in [6.07, 6.45) is -3.10.